The van der Waals surface area contributed by atoms with Gasteiger partial charge in [0.1, 0.15) is 5.82 Å². The van der Waals surface area contributed by atoms with E-state index >= 15 is 0 Å². The molecule has 2 saturated heterocycles. The summed E-state index contributed by atoms with van der Waals surface area (Å²) in [7, 11) is 0. The Kier molecular flexibility index (Phi) is 3.19. The highest BCUT2D eigenvalue weighted by Gasteiger charge is 2.31. The number of nitrogens with two attached hydrogens (primary N) is 1. The number of nitrogen functional groups attached to an aromatic ring is 1. The molecule has 4 nitrogen and oxygen atoms in total. The Morgan fingerprint density at radius 1 is 1.14 bits per heavy atom. The van der Waals surface area contributed by atoms with E-state index in [-0.39, 0.29) is 0 Å². The summed E-state index contributed by atoms with van der Waals surface area (Å²) >= 11 is 0. The zero-order chi connectivity index (χ0) is 14.2. The van der Waals surface area contributed by atoms with Gasteiger partial charge in [0.25, 0.3) is 0 Å². The van der Waals surface area contributed by atoms with Crippen molar-refractivity contribution in [3.05, 3.63) is 30.3 Å². The highest BCUT2D eigenvalue weighted by Crippen LogP contribution is 2.28. The Morgan fingerprint density at radius 3 is 3.05 bits per heavy atom. The van der Waals surface area contributed by atoms with E-state index < -0.39 is 0 Å². The number of fused-ring (bicyclic) bond motifs is 2. The molecule has 0 amide bonds. The first-order valence-corrected chi connectivity index (χ1v) is 7.95. The third-order valence-corrected chi connectivity index (χ3v) is 4.89. The molecule has 2 unspecified atom stereocenters. The second kappa shape index (κ2) is 5.19. The summed E-state index contributed by atoms with van der Waals surface area (Å²) in [6.07, 6.45) is 5.20. The fourth-order valence-corrected chi connectivity index (χ4v) is 3.79. The minimum atomic E-state index is 0.558. The van der Waals surface area contributed by atoms with Gasteiger partial charge in [-0.1, -0.05) is 0 Å². The number of nitrogens with zero attached hydrogens (tertiary/aromatic N) is 2. The summed E-state index contributed by atoms with van der Waals surface area (Å²) in [5.41, 5.74) is 7.61. The molecule has 0 radical (unpaired) electrons. The van der Waals surface area contributed by atoms with Crippen molar-refractivity contribution in [2.45, 2.75) is 37.8 Å². The van der Waals surface area contributed by atoms with Crippen molar-refractivity contribution >= 4 is 22.4 Å². The monoisotopic (exact) mass is 282 g/mol. The summed E-state index contributed by atoms with van der Waals surface area (Å²) in [5.74, 6) is 0.990. The van der Waals surface area contributed by atoms with Gasteiger partial charge in [0.05, 0.1) is 5.52 Å². The maximum atomic E-state index is 5.81. The van der Waals surface area contributed by atoms with Crippen LogP contribution in [0.25, 0.3) is 10.9 Å². The Bertz CT molecular complexity index is 654. The van der Waals surface area contributed by atoms with Gasteiger partial charge in [-0.2, -0.15) is 0 Å². The second-order valence-corrected chi connectivity index (χ2v) is 6.35. The van der Waals surface area contributed by atoms with Crippen LogP contribution < -0.4 is 11.1 Å². The fraction of sp³-hybridized carbons (Fsp3) is 0.471. The minimum absolute atomic E-state index is 0.558. The topological polar surface area (TPSA) is 54.2 Å². The van der Waals surface area contributed by atoms with Crippen LogP contribution in [0.2, 0.25) is 0 Å². The highest BCUT2D eigenvalue weighted by molar-refractivity contribution is 5.83. The molecule has 2 atom stereocenters. The third kappa shape index (κ3) is 2.56. The molecular formula is C17H22N4. The Hall–Kier alpha value is -1.81. The van der Waals surface area contributed by atoms with E-state index in [9.17, 15) is 0 Å². The van der Waals surface area contributed by atoms with Crippen molar-refractivity contribution in [3.8, 4) is 0 Å². The number of anilines is 2. The summed E-state index contributed by atoms with van der Waals surface area (Å²) in [6, 6.07) is 11.4. The van der Waals surface area contributed by atoms with E-state index in [4.69, 9.17) is 10.7 Å². The molecule has 0 saturated carbocycles. The Morgan fingerprint density at radius 2 is 2.10 bits per heavy atom. The van der Waals surface area contributed by atoms with Crippen molar-refractivity contribution in [2.24, 2.45) is 0 Å². The molecule has 1 aromatic carbocycles. The van der Waals surface area contributed by atoms with Crippen LogP contribution in [0, 0.1) is 0 Å². The van der Waals surface area contributed by atoms with E-state index in [1.807, 2.05) is 18.2 Å². The predicted molar refractivity (Wildman–Crippen MR) is 87.4 cm³/mol. The zero-order valence-corrected chi connectivity index (χ0v) is 12.3. The Labute approximate surface area is 125 Å². The third-order valence-electron chi connectivity index (χ3n) is 4.89. The molecule has 110 valence electrons. The number of benzene rings is 1. The maximum Gasteiger partial charge on any atom is 0.126 e. The van der Waals surface area contributed by atoms with E-state index in [1.54, 1.807) is 0 Å². The molecule has 2 fully saturated rings. The quantitative estimate of drug-likeness (QED) is 0.832. The number of hydrogen-bond donors (Lipinski definition) is 2. The van der Waals surface area contributed by atoms with Gasteiger partial charge in [0.2, 0.25) is 0 Å². The molecule has 4 rings (SSSR count). The van der Waals surface area contributed by atoms with Crippen molar-refractivity contribution < 1.29 is 0 Å². The van der Waals surface area contributed by atoms with Crippen LogP contribution in [0.15, 0.2) is 30.3 Å². The average Bonchev–Trinajstić information content (AvgIpc) is 2.95. The maximum absolute atomic E-state index is 5.81. The standard InChI is InChI=1S/C17H22N4/c18-13-4-5-16-12(10-13)3-6-17(20-16)19-14-7-9-21-8-1-2-15(21)11-14/h3-6,10,14-15H,1-2,7-9,11,18H2,(H,19,20). The summed E-state index contributed by atoms with van der Waals surface area (Å²) < 4.78 is 0. The van der Waals surface area contributed by atoms with Crippen molar-refractivity contribution in [2.75, 3.05) is 24.1 Å². The average molecular weight is 282 g/mol. The first-order valence-electron chi connectivity index (χ1n) is 7.95. The SMILES string of the molecule is Nc1ccc2nc(NC3CCN4CCCC4C3)ccc2c1. The van der Waals surface area contributed by atoms with Crippen LogP contribution in [0.5, 0.6) is 0 Å². The lowest BCUT2D eigenvalue weighted by molar-refractivity contribution is 0.188. The molecule has 21 heavy (non-hydrogen) atoms. The normalized spacial score (nSPS) is 25.9. The van der Waals surface area contributed by atoms with Gasteiger partial charge in [-0.3, -0.25) is 0 Å². The van der Waals surface area contributed by atoms with E-state index in [2.05, 4.69) is 22.3 Å². The molecule has 0 aliphatic carbocycles. The number of pyridine rings is 1. The van der Waals surface area contributed by atoms with E-state index in [0.717, 1.165) is 28.5 Å². The number of nitrogens with one attached hydrogen (secondary N) is 1. The van der Waals surface area contributed by atoms with E-state index in [0.29, 0.717) is 6.04 Å². The molecule has 0 spiro atoms. The van der Waals surface area contributed by atoms with Crippen LogP contribution >= 0.6 is 0 Å². The van der Waals surface area contributed by atoms with Gasteiger partial charge >= 0.3 is 0 Å². The number of aromatic nitrogens is 1. The number of rotatable bonds is 2. The lowest BCUT2D eigenvalue weighted by atomic mass is 9.97. The lowest BCUT2D eigenvalue weighted by Crippen LogP contribution is -2.42. The number of hydrogen-bond acceptors (Lipinski definition) is 4. The van der Waals surface area contributed by atoms with Crippen molar-refractivity contribution in [3.63, 3.8) is 0 Å². The first kappa shape index (κ1) is 12.9. The van der Waals surface area contributed by atoms with Gasteiger partial charge in [-0.05, 0) is 62.6 Å². The van der Waals surface area contributed by atoms with E-state index in [1.165, 1.54) is 38.8 Å². The molecule has 2 aliphatic heterocycles. The van der Waals surface area contributed by atoms with Crippen LogP contribution in [0.4, 0.5) is 11.5 Å². The summed E-state index contributed by atoms with van der Waals surface area (Å²) in [4.78, 5) is 7.36. The fourth-order valence-electron chi connectivity index (χ4n) is 3.79. The van der Waals surface area contributed by atoms with Crippen LogP contribution in [-0.4, -0.2) is 35.1 Å². The smallest absolute Gasteiger partial charge is 0.126 e. The van der Waals surface area contributed by atoms with Gasteiger partial charge < -0.3 is 16.0 Å². The van der Waals surface area contributed by atoms with Gasteiger partial charge in [-0.15, -0.1) is 0 Å². The second-order valence-electron chi connectivity index (χ2n) is 6.35. The van der Waals surface area contributed by atoms with Gasteiger partial charge in [-0.25, -0.2) is 4.98 Å². The highest BCUT2D eigenvalue weighted by atomic mass is 15.2. The van der Waals surface area contributed by atoms with Gasteiger partial charge in [0, 0.05) is 29.7 Å². The summed E-state index contributed by atoms with van der Waals surface area (Å²) in [5, 5.41) is 4.73. The van der Waals surface area contributed by atoms with Crippen molar-refractivity contribution in [1.29, 1.82) is 0 Å². The van der Waals surface area contributed by atoms with Gasteiger partial charge in [0.15, 0.2) is 0 Å². The molecule has 4 heteroatoms. The largest absolute Gasteiger partial charge is 0.399 e. The summed E-state index contributed by atoms with van der Waals surface area (Å²) in [6.45, 7) is 2.53. The predicted octanol–water partition coefficient (Wildman–Crippen LogP) is 2.86. The number of piperidine rings is 1. The molecule has 1 aromatic heterocycles. The van der Waals surface area contributed by atoms with Crippen LogP contribution in [0.1, 0.15) is 25.7 Å². The molecular weight excluding hydrogens is 260 g/mol. The van der Waals surface area contributed by atoms with Crippen LogP contribution in [0.3, 0.4) is 0 Å². The van der Waals surface area contributed by atoms with Crippen LogP contribution in [-0.2, 0) is 0 Å². The molecule has 2 aliphatic rings. The molecule has 0 bridgehead atoms. The Balaban J connectivity index is 1.50. The molecule has 3 N–H and O–H groups in total. The molecule has 2 aromatic rings. The minimum Gasteiger partial charge on any atom is -0.399 e. The van der Waals surface area contributed by atoms with Crippen molar-refractivity contribution in [1.82, 2.24) is 9.88 Å². The first-order chi connectivity index (χ1) is 10.3. The zero-order valence-electron chi connectivity index (χ0n) is 12.3. The lowest BCUT2D eigenvalue weighted by Gasteiger charge is -2.35. The molecule has 3 heterocycles.